The molecule has 0 saturated carbocycles. The maximum Gasteiger partial charge on any atom is 0.361 e. The molecule has 9 heteroatoms. The summed E-state index contributed by atoms with van der Waals surface area (Å²) in [4.78, 5) is 26.1. The summed E-state index contributed by atoms with van der Waals surface area (Å²) in [5.74, 6) is -1.31. The van der Waals surface area contributed by atoms with Crippen molar-refractivity contribution in [2.24, 2.45) is 0 Å². The van der Waals surface area contributed by atoms with Gasteiger partial charge in [-0.1, -0.05) is 29.8 Å². The molecule has 1 aromatic heterocycles. The maximum absolute atomic E-state index is 12.4. The number of nitriles is 1. The van der Waals surface area contributed by atoms with Crippen molar-refractivity contribution in [2.45, 2.75) is 20.0 Å². The zero-order valence-corrected chi connectivity index (χ0v) is 16.3. The Morgan fingerprint density at radius 2 is 1.93 bits per heavy atom. The molecule has 146 valence electrons. The number of anilines is 1. The van der Waals surface area contributed by atoms with Gasteiger partial charge in [-0.25, -0.2) is 4.79 Å². The predicted molar refractivity (Wildman–Crippen MR) is 106 cm³/mol. The van der Waals surface area contributed by atoms with Gasteiger partial charge in [-0.3, -0.25) is 4.79 Å². The number of esters is 1. The van der Waals surface area contributed by atoms with Crippen LogP contribution in [0, 0.1) is 18.3 Å². The van der Waals surface area contributed by atoms with E-state index in [1.807, 2.05) is 24.3 Å². The number of aromatic nitrogens is 3. The van der Waals surface area contributed by atoms with Crippen LogP contribution in [-0.2, 0) is 9.53 Å². The normalized spacial score (nSPS) is 11.4. The van der Waals surface area contributed by atoms with Crippen molar-refractivity contribution in [1.29, 1.82) is 5.26 Å². The maximum atomic E-state index is 12.4. The molecule has 29 heavy (non-hydrogen) atoms. The molecule has 2 aromatic carbocycles. The minimum atomic E-state index is -1.09. The van der Waals surface area contributed by atoms with Gasteiger partial charge < -0.3 is 10.1 Å². The minimum Gasteiger partial charge on any atom is -0.448 e. The second-order valence-corrected chi connectivity index (χ2v) is 6.51. The molecule has 3 aromatic rings. The molecule has 0 aliphatic heterocycles. The number of carbonyl (C=O) groups is 2. The number of para-hydroxylation sites is 1. The number of ether oxygens (including phenoxy) is 1. The van der Waals surface area contributed by atoms with E-state index >= 15 is 0 Å². The fraction of sp³-hybridized carbons (Fsp3) is 0.150. The summed E-state index contributed by atoms with van der Waals surface area (Å²) in [6.07, 6.45) is -1.09. The van der Waals surface area contributed by atoms with Gasteiger partial charge in [0, 0.05) is 5.69 Å². The average Bonchev–Trinajstić information content (AvgIpc) is 3.10. The van der Waals surface area contributed by atoms with Gasteiger partial charge in [0.1, 0.15) is 6.07 Å². The van der Waals surface area contributed by atoms with Gasteiger partial charge >= 0.3 is 5.97 Å². The van der Waals surface area contributed by atoms with Crippen LogP contribution in [0.2, 0.25) is 5.02 Å². The van der Waals surface area contributed by atoms with E-state index in [4.69, 9.17) is 21.6 Å². The molecule has 1 heterocycles. The highest BCUT2D eigenvalue weighted by Crippen LogP contribution is 2.20. The van der Waals surface area contributed by atoms with Gasteiger partial charge in [-0.2, -0.15) is 15.2 Å². The van der Waals surface area contributed by atoms with Crippen LogP contribution in [-0.4, -0.2) is 33.0 Å². The quantitative estimate of drug-likeness (QED) is 0.647. The van der Waals surface area contributed by atoms with Crippen molar-refractivity contribution in [3.63, 3.8) is 0 Å². The summed E-state index contributed by atoms with van der Waals surface area (Å²) in [5, 5.41) is 20.1. The SMILES string of the molecule is Cc1nn(-c2ccccc2)nc1C(=O)O[C@H](C)C(=O)Nc1ccc(C#N)c(Cl)c1. The van der Waals surface area contributed by atoms with Crippen LogP contribution in [0.4, 0.5) is 5.69 Å². The van der Waals surface area contributed by atoms with Crippen molar-refractivity contribution in [3.05, 3.63) is 70.5 Å². The average molecular weight is 410 g/mol. The molecule has 0 unspecified atom stereocenters. The number of aryl methyl sites for hydroxylation is 1. The van der Waals surface area contributed by atoms with Gasteiger partial charge in [-0.05, 0) is 44.2 Å². The Kier molecular flexibility index (Phi) is 5.90. The van der Waals surface area contributed by atoms with E-state index in [2.05, 4.69) is 15.5 Å². The lowest BCUT2D eigenvalue weighted by Crippen LogP contribution is -2.30. The zero-order chi connectivity index (χ0) is 21.0. The zero-order valence-electron chi connectivity index (χ0n) is 15.6. The van der Waals surface area contributed by atoms with E-state index in [-0.39, 0.29) is 10.7 Å². The van der Waals surface area contributed by atoms with Crippen LogP contribution >= 0.6 is 11.6 Å². The fourth-order valence-corrected chi connectivity index (χ4v) is 2.66. The lowest BCUT2D eigenvalue weighted by atomic mass is 10.2. The largest absolute Gasteiger partial charge is 0.448 e. The monoisotopic (exact) mass is 409 g/mol. The highest BCUT2D eigenvalue weighted by molar-refractivity contribution is 6.32. The fourth-order valence-electron chi connectivity index (χ4n) is 2.44. The first kappa shape index (κ1) is 20.0. The van der Waals surface area contributed by atoms with Crippen LogP contribution < -0.4 is 5.32 Å². The van der Waals surface area contributed by atoms with Crippen LogP contribution in [0.3, 0.4) is 0 Å². The summed E-state index contributed by atoms with van der Waals surface area (Å²) in [7, 11) is 0. The first-order valence-electron chi connectivity index (χ1n) is 8.60. The standard InChI is InChI=1S/C20H16ClN5O3/c1-12-18(25-26(24-12)16-6-4-3-5-7-16)20(28)29-13(2)19(27)23-15-9-8-14(11-22)17(21)10-15/h3-10,13H,1-2H3,(H,23,27)/t13-/m1/s1. The van der Waals surface area contributed by atoms with Crippen molar-refractivity contribution in [1.82, 2.24) is 15.0 Å². The smallest absolute Gasteiger partial charge is 0.361 e. The topological polar surface area (TPSA) is 110 Å². The number of carbonyl (C=O) groups excluding carboxylic acids is 2. The van der Waals surface area contributed by atoms with E-state index < -0.39 is 18.0 Å². The Labute approximate surface area is 171 Å². The van der Waals surface area contributed by atoms with E-state index in [1.54, 1.807) is 19.1 Å². The van der Waals surface area contributed by atoms with E-state index in [0.717, 1.165) is 0 Å². The van der Waals surface area contributed by atoms with Crippen molar-refractivity contribution >= 4 is 29.2 Å². The van der Waals surface area contributed by atoms with E-state index in [1.165, 1.54) is 29.9 Å². The van der Waals surface area contributed by atoms with Gasteiger partial charge in [0.25, 0.3) is 5.91 Å². The number of benzene rings is 2. The second kappa shape index (κ2) is 8.54. The lowest BCUT2D eigenvalue weighted by Gasteiger charge is -2.13. The number of hydrogen-bond acceptors (Lipinski definition) is 6. The molecule has 8 nitrogen and oxygen atoms in total. The Bertz CT molecular complexity index is 1110. The first-order chi connectivity index (χ1) is 13.9. The Balaban J connectivity index is 1.67. The summed E-state index contributed by atoms with van der Waals surface area (Å²) in [6, 6.07) is 15.5. The van der Waals surface area contributed by atoms with Crippen LogP contribution in [0.15, 0.2) is 48.5 Å². The van der Waals surface area contributed by atoms with Gasteiger partial charge in [0.2, 0.25) is 0 Å². The number of nitrogens with one attached hydrogen (secondary N) is 1. The van der Waals surface area contributed by atoms with Crippen molar-refractivity contribution in [2.75, 3.05) is 5.32 Å². The Morgan fingerprint density at radius 3 is 2.59 bits per heavy atom. The highest BCUT2D eigenvalue weighted by Gasteiger charge is 2.23. The molecule has 1 atom stereocenters. The summed E-state index contributed by atoms with van der Waals surface area (Å²) in [5.41, 5.74) is 1.77. The van der Waals surface area contributed by atoms with Gasteiger partial charge in [0.05, 0.1) is 22.0 Å². The molecule has 0 radical (unpaired) electrons. The van der Waals surface area contributed by atoms with Crippen LogP contribution in [0.25, 0.3) is 5.69 Å². The molecule has 0 saturated heterocycles. The van der Waals surface area contributed by atoms with Gasteiger partial charge in [-0.15, -0.1) is 5.10 Å². The number of rotatable bonds is 5. The number of amides is 1. The molecule has 0 spiro atoms. The first-order valence-corrected chi connectivity index (χ1v) is 8.97. The predicted octanol–water partition coefficient (Wildman–Crippen LogP) is 3.28. The molecule has 0 aliphatic rings. The molecule has 0 fully saturated rings. The third-order valence-electron chi connectivity index (χ3n) is 3.97. The second-order valence-electron chi connectivity index (χ2n) is 6.10. The third kappa shape index (κ3) is 4.59. The van der Waals surface area contributed by atoms with Crippen molar-refractivity contribution in [3.8, 4) is 11.8 Å². The molecular formula is C20H16ClN5O3. The lowest BCUT2D eigenvalue weighted by molar-refractivity contribution is -0.123. The van der Waals surface area contributed by atoms with Crippen LogP contribution in [0.5, 0.6) is 0 Å². The third-order valence-corrected chi connectivity index (χ3v) is 4.29. The summed E-state index contributed by atoms with van der Waals surface area (Å²) >= 11 is 5.95. The molecular weight excluding hydrogens is 394 g/mol. The highest BCUT2D eigenvalue weighted by atomic mass is 35.5. The molecule has 1 N–H and O–H groups in total. The van der Waals surface area contributed by atoms with Crippen LogP contribution in [0.1, 0.15) is 28.7 Å². The minimum absolute atomic E-state index is 0.0231. The molecule has 1 amide bonds. The molecule has 0 aliphatic carbocycles. The summed E-state index contributed by atoms with van der Waals surface area (Å²) < 4.78 is 5.22. The number of halogens is 1. The van der Waals surface area contributed by atoms with Crippen molar-refractivity contribution < 1.29 is 14.3 Å². The van der Waals surface area contributed by atoms with Gasteiger partial charge in [0.15, 0.2) is 11.8 Å². The number of hydrogen-bond donors (Lipinski definition) is 1. The Morgan fingerprint density at radius 1 is 1.21 bits per heavy atom. The molecule has 3 rings (SSSR count). The van der Waals surface area contributed by atoms with E-state index in [0.29, 0.717) is 22.6 Å². The van der Waals surface area contributed by atoms with E-state index in [9.17, 15) is 9.59 Å². The summed E-state index contributed by atoms with van der Waals surface area (Å²) in [6.45, 7) is 3.07. The molecule has 0 bridgehead atoms. The number of nitrogens with zero attached hydrogens (tertiary/aromatic N) is 4. The Hall–Kier alpha value is -3.70.